The number of hydrogen-bond acceptors (Lipinski definition) is 4. The third-order valence-corrected chi connectivity index (χ3v) is 6.41. The topological polar surface area (TPSA) is 65.1 Å². The predicted octanol–water partition coefficient (Wildman–Crippen LogP) is 2.35. The van der Waals surface area contributed by atoms with Crippen LogP contribution in [0.25, 0.3) is 5.69 Å². The third kappa shape index (κ3) is 3.28. The maximum atomic E-state index is 13.3. The number of rotatable bonds is 6. The maximum Gasteiger partial charge on any atom is 0.277 e. The molecule has 1 unspecified atom stereocenters. The zero-order valence-electron chi connectivity index (χ0n) is 16.0. The molecule has 1 amide bonds. The minimum atomic E-state index is -0.237. The Balaban J connectivity index is 1.62. The molecule has 1 aliphatic rings. The van der Waals surface area contributed by atoms with E-state index in [1.54, 1.807) is 17.2 Å². The smallest absolute Gasteiger partial charge is 0.277 e. The van der Waals surface area contributed by atoms with Gasteiger partial charge in [-0.2, -0.15) is 0 Å². The lowest BCUT2D eigenvalue weighted by molar-refractivity contribution is -0.128. The third-order valence-electron chi connectivity index (χ3n) is 5.19. The van der Waals surface area contributed by atoms with Crippen LogP contribution in [0.4, 0.5) is 0 Å². The second kappa shape index (κ2) is 7.71. The number of nitrogens with zero attached hydrogens (tertiary/aromatic N) is 5. The van der Waals surface area contributed by atoms with Gasteiger partial charge in [0, 0.05) is 38.2 Å². The second-order valence-electron chi connectivity index (χ2n) is 6.88. The van der Waals surface area contributed by atoms with E-state index < -0.39 is 0 Å². The molecule has 1 saturated heterocycles. The largest absolute Gasteiger partial charge is 0.337 e. The van der Waals surface area contributed by atoms with Crippen LogP contribution in [0.5, 0.6) is 0 Å². The number of aromatic nitrogens is 4. The van der Waals surface area contributed by atoms with Crippen LogP contribution in [0, 0.1) is 6.92 Å². The lowest BCUT2D eigenvalue weighted by Gasteiger charge is -2.23. The maximum absolute atomic E-state index is 13.3. The van der Waals surface area contributed by atoms with Crippen LogP contribution in [-0.4, -0.2) is 42.0 Å². The van der Waals surface area contributed by atoms with Gasteiger partial charge in [0.2, 0.25) is 5.91 Å². The number of aryl methyl sites for hydroxylation is 1. The van der Waals surface area contributed by atoms with E-state index in [2.05, 4.69) is 4.98 Å². The minimum Gasteiger partial charge on any atom is -0.337 e. The minimum absolute atomic E-state index is 0.0574. The molecule has 3 heterocycles. The Labute approximate surface area is 167 Å². The number of para-hydroxylation sites is 1. The fourth-order valence-electron chi connectivity index (χ4n) is 3.65. The quantitative estimate of drug-likeness (QED) is 0.640. The van der Waals surface area contributed by atoms with E-state index in [9.17, 15) is 9.59 Å². The average Bonchev–Trinajstić information content (AvgIpc) is 3.38. The molecule has 3 aromatic rings. The highest BCUT2D eigenvalue weighted by atomic mass is 32.2. The van der Waals surface area contributed by atoms with Crippen molar-refractivity contribution < 1.29 is 4.79 Å². The van der Waals surface area contributed by atoms with Crippen LogP contribution in [0.15, 0.2) is 53.8 Å². The summed E-state index contributed by atoms with van der Waals surface area (Å²) in [5.74, 6) is 0.504. The molecule has 0 N–H and O–H groups in total. The van der Waals surface area contributed by atoms with Crippen molar-refractivity contribution in [2.75, 3.05) is 12.3 Å². The van der Waals surface area contributed by atoms with Crippen LogP contribution in [0.2, 0.25) is 0 Å². The first-order valence-corrected chi connectivity index (χ1v) is 10.3. The summed E-state index contributed by atoms with van der Waals surface area (Å²) in [7, 11) is 1.89. The monoisotopic (exact) mass is 397 g/mol. The summed E-state index contributed by atoms with van der Waals surface area (Å²) < 4.78 is 5.55. The molecule has 0 aliphatic carbocycles. The molecule has 1 aliphatic heterocycles. The van der Waals surface area contributed by atoms with E-state index in [1.165, 1.54) is 11.8 Å². The van der Waals surface area contributed by atoms with Crippen molar-refractivity contribution in [1.82, 2.24) is 23.8 Å². The zero-order valence-corrected chi connectivity index (χ0v) is 16.8. The Morgan fingerprint density at radius 3 is 2.68 bits per heavy atom. The van der Waals surface area contributed by atoms with E-state index in [0.29, 0.717) is 17.9 Å². The Bertz CT molecular complexity index is 1020. The molecule has 1 aromatic carbocycles. The standard InChI is InChI=1S/C20H23N5O2S/c1-15-18(19(27)25(22(15)2)16-7-4-3-5-8-16)20-24(17(26)13-28-20)11-6-10-23-12-9-21-14-23/h3-5,7-9,12,14,20H,6,10-11,13H2,1-2H3. The predicted molar refractivity (Wildman–Crippen MR) is 110 cm³/mol. The molecule has 146 valence electrons. The first kappa shape index (κ1) is 18.6. The van der Waals surface area contributed by atoms with Crippen molar-refractivity contribution in [2.45, 2.75) is 25.3 Å². The number of thioether (sulfide) groups is 1. The summed E-state index contributed by atoms with van der Waals surface area (Å²) in [5.41, 5.74) is 2.36. The number of imidazole rings is 1. The fraction of sp³-hybridized carbons (Fsp3) is 0.350. The van der Waals surface area contributed by atoms with Crippen molar-refractivity contribution in [3.63, 3.8) is 0 Å². The van der Waals surface area contributed by atoms with Gasteiger partial charge in [0.1, 0.15) is 5.37 Å². The zero-order chi connectivity index (χ0) is 19.7. The SMILES string of the molecule is Cc1c(C2SCC(=O)N2CCCn2ccnc2)c(=O)n(-c2ccccc2)n1C. The lowest BCUT2D eigenvalue weighted by Crippen LogP contribution is -2.32. The number of carbonyl (C=O) groups is 1. The van der Waals surface area contributed by atoms with Crippen molar-refractivity contribution in [2.24, 2.45) is 7.05 Å². The van der Waals surface area contributed by atoms with E-state index in [1.807, 2.05) is 64.6 Å². The van der Waals surface area contributed by atoms with Gasteiger partial charge in [0.15, 0.2) is 0 Å². The molecule has 28 heavy (non-hydrogen) atoms. The van der Waals surface area contributed by atoms with Gasteiger partial charge in [-0.3, -0.25) is 14.3 Å². The fourth-order valence-corrected chi connectivity index (χ4v) is 4.96. The molecule has 0 bridgehead atoms. The van der Waals surface area contributed by atoms with E-state index in [-0.39, 0.29) is 16.8 Å². The molecular weight excluding hydrogens is 374 g/mol. The van der Waals surface area contributed by atoms with E-state index >= 15 is 0 Å². The Hall–Kier alpha value is -2.74. The van der Waals surface area contributed by atoms with Crippen molar-refractivity contribution in [3.05, 3.63) is 70.7 Å². The van der Waals surface area contributed by atoms with Gasteiger partial charge in [-0.05, 0) is 25.5 Å². The van der Waals surface area contributed by atoms with Crippen LogP contribution < -0.4 is 5.56 Å². The molecular formula is C20H23N5O2S. The van der Waals surface area contributed by atoms with Gasteiger partial charge in [-0.25, -0.2) is 9.67 Å². The van der Waals surface area contributed by atoms with Gasteiger partial charge in [-0.1, -0.05) is 18.2 Å². The van der Waals surface area contributed by atoms with E-state index in [0.717, 1.165) is 24.3 Å². The van der Waals surface area contributed by atoms with Crippen LogP contribution in [-0.2, 0) is 18.4 Å². The number of carbonyl (C=O) groups excluding carboxylic acids is 1. The highest BCUT2D eigenvalue weighted by molar-refractivity contribution is 8.00. The van der Waals surface area contributed by atoms with Crippen molar-refractivity contribution >= 4 is 17.7 Å². The van der Waals surface area contributed by atoms with Crippen LogP contribution >= 0.6 is 11.8 Å². The van der Waals surface area contributed by atoms with Crippen molar-refractivity contribution in [3.8, 4) is 5.69 Å². The molecule has 8 heteroatoms. The highest BCUT2D eigenvalue weighted by Crippen LogP contribution is 2.38. The Morgan fingerprint density at radius 1 is 1.18 bits per heavy atom. The van der Waals surface area contributed by atoms with Gasteiger partial charge in [0.25, 0.3) is 5.56 Å². The molecule has 0 spiro atoms. The number of hydrogen-bond donors (Lipinski definition) is 0. The molecule has 2 aromatic heterocycles. The Kier molecular flexibility index (Phi) is 5.13. The first-order valence-electron chi connectivity index (χ1n) is 9.28. The van der Waals surface area contributed by atoms with Gasteiger partial charge in [0.05, 0.1) is 23.3 Å². The molecule has 0 radical (unpaired) electrons. The molecule has 4 rings (SSSR count). The van der Waals surface area contributed by atoms with Crippen LogP contribution in [0.1, 0.15) is 23.1 Å². The van der Waals surface area contributed by atoms with Gasteiger partial charge < -0.3 is 9.47 Å². The summed E-state index contributed by atoms with van der Waals surface area (Å²) in [6.07, 6.45) is 6.26. The van der Waals surface area contributed by atoms with Gasteiger partial charge in [-0.15, -0.1) is 11.8 Å². The second-order valence-corrected chi connectivity index (χ2v) is 7.95. The molecule has 1 atom stereocenters. The normalized spacial score (nSPS) is 16.9. The van der Waals surface area contributed by atoms with Crippen molar-refractivity contribution in [1.29, 1.82) is 0 Å². The molecule has 1 fully saturated rings. The number of benzene rings is 1. The first-order chi connectivity index (χ1) is 13.6. The highest BCUT2D eigenvalue weighted by Gasteiger charge is 2.37. The lowest BCUT2D eigenvalue weighted by atomic mass is 10.2. The molecule has 0 saturated carbocycles. The Morgan fingerprint density at radius 2 is 1.96 bits per heavy atom. The number of amides is 1. The summed E-state index contributed by atoms with van der Waals surface area (Å²) in [6, 6.07) is 9.60. The molecule has 7 nitrogen and oxygen atoms in total. The van der Waals surface area contributed by atoms with Gasteiger partial charge >= 0.3 is 0 Å². The summed E-state index contributed by atoms with van der Waals surface area (Å²) in [6.45, 7) is 3.36. The summed E-state index contributed by atoms with van der Waals surface area (Å²) >= 11 is 1.54. The van der Waals surface area contributed by atoms with E-state index in [4.69, 9.17) is 0 Å². The summed E-state index contributed by atoms with van der Waals surface area (Å²) in [5, 5.41) is -0.237. The average molecular weight is 398 g/mol. The van der Waals surface area contributed by atoms with Crippen LogP contribution in [0.3, 0.4) is 0 Å². The summed E-state index contributed by atoms with van der Waals surface area (Å²) in [4.78, 5) is 31.7.